The Morgan fingerprint density at radius 3 is 2.40 bits per heavy atom. The number of nitrogens with one attached hydrogen (secondary N) is 1. The summed E-state index contributed by atoms with van der Waals surface area (Å²) < 4.78 is 0. The molecule has 1 aliphatic carbocycles. The largest absolute Gasteiger partial charge is 0.396 e. The van der Waals surface area contributed by atoms with E-state index in [0.717, 1.165) is 24.9 Å². The maximum Gasteiger partial charge on any atom is 0.0446 e. The fourth-order valence-electron chi connectivity index (χ4n) is 2.05. The van der Waals surface area contributed by atoms with Crippen LogP contribution >= 0.6 is 0 Å². The molecule has 1 unspecified atom stereocenters. The Morgan fingerprint density at radius 1 is 1.33 bits per heavy atom. The number of aliphatic hydroxyl groups is 1. The Hall–Kier alpha value is -0.120. The first-order chi connectivity index (χ1) is 7.17. The minimum atomic E-state index is 0.283. The molecule has 0 heterocycles. The van der Waals surface area contributed by atoms with Crippen LogP contribution in [0, 0.1) is 5.92 Å². The molecule has 2 N–H and O–H groups in total. The normalized spacial score (nSPS) is 18.8. The smallest absolute Gasteiger partial charge is 0.0446 e. The van der Waals surface area contributed by atoms with Crippen LogP contribution in [-0.2, 0) is 0 Å². The van der Waals surface area contributed by atoms with E-state index in [1.807, 2.05) is 7.05 Å². The third kappa shape index (κ3) is 4.96. The summed E-state index contributed by atoms with van der Waals surface area (Å²) in [5.74, 6) is 0.734. The van der Waals surface area contributed by atoms with Gasteiger partial charge in [-0.1, -0.05) is 13.8 Å². The van der Waals surface area contributed by atoms with Gasteiger partial charge in [-0.05, 0) is 32.2 Å². The Balaban J connectivity index is 2.34. The summed E-state index contributed by atoms with van der Waals surface area (Å²) in [4.78, 5) is 2.58. The van der Waals surface area contributed by atoms with Crippen molar-refractivity contribution in [3.8, 4) is 0 Å². The van der Waals surface area contributed by atoms with Crippen molar-refractivity contribution in [1.82, 2.24) is 10.2 Å². The molecule has 90 valence electrons. The van der Waals surface area contributed by atoms with Gasteiger partial charge < -0.3 is 10.4 Å². The maximum absolute atomic E-state index is 8.96. The molecule has 1 fully saturated rings. The van der Waals surface area contributed by atoms with Gasteiger partial charge in [0.15, 0.2) is 0 Å². The second-order valence-electron chi connectivity index (χ2n) is 5.08. The molecule has 0 aromatic rings. The standard InChI is InChI=1S/C12H26N2O/c1-10(2)8-14(12-4-5-12)9-11(13-3)6-7-15/h10-13,15H,4-9H2,1-3H3. The average molecular weight is 214 g/mol. The van der Waals surface area contributed by atoms with Crippen molar-refractivity contribution in [3.05, 3.63) is 0 Å². The molecular formula is C12H26N2O. The molecule has 0 aromatic heterocycles. The minimum absolute atomic E-state index is 0.283. The lowest BCUT2D eigenvalue weighted by Crippen LogP contribution is -2.42. The lowest BCUT2D eigenvalue weighted by Gasteiger charge is -2.28. The van der Waals surface area contributed by atoms with Crippen LogP contribution in [0.25, 0.3) is 0 Å². The van der Waals surface area contributed by atoms with E-state index < -0.39 is 0 Å². The van der Waals surface area contributed by atoms with Gasteiger partial charge in [0.25, 0.3) is 0 Å². The van der Waals surface area contributed by atoms with Crippen molar-refractivity contribution in [3.63, 3.8) is 0 Å². The van der Waals surface area contributed by atoms with Crippen LogP contribution in [0.5, 0.6) is 0 Å². The van der Waals surface area contributed by atoms with E-state index in [4.69, 9.17) is 5.11 Å². The highest BCUT2D eigenvalue weighted by molar-refractivity contribution is 4.87. The highest BCUT2D eigenvalue weighted by atomic mass is 16.3. The molecule has 0 radical (unpaired) electrons. The van der Waals surface area contributed by atoms with Crippen LogP contribution in [-0.4, -0.2) is 48.8 Å². The fourth-order valence-corrected chi connectivity index (χ4v) is 2.05. The Bertz CT molecular complexity index is 169. The van der Waals surface area contributed by atoms with Crippen molar-refractivity contribution in [2.45, 2.75) is 45.2 Å². The second kappa shape index (κ2) is 6.46. The highest BCUT2D eigenvalue weighted by Gasteiger charge is 2.30. The molecular weight excluding hydrogens is 188 g/mol. The number of hydrogen-bond acceptors (Lipinski definition) is 3. The number of rotatable bonds is 8. The Labute approximate surface area is 93.9 Å². The molecule has 3 nitrogen and oxygen atoms in total. The monoisotopic (exact) mass is 214 g/mol. The van der Waals surface area contributed by atoms with E-state index in [-0.39, 0.29) is 6.61 Å². The summed E-state index contributed by atoms with van der Waals surface area (Å²) in [5, 5.41) is 12.2. The first kappa shape index (κ1) is 12.9. The van der Waals surface area contributed by atoms with Crippen molar-refractivity contribution in [2.24, 2.45) is 5.92 Å². The van der Waals surface area contributed by atoms with Gasteiger partial charge in [-0.3, -0.25) is 4.90 Å². The molecule has 1 saturated carbocycles. The van der Waals surface area contributed by atoms with Crippen molar-refractivity contribution >= 4 is 0 Å². The van der Waals surface area contributed by atoms with Crippen LogP contribution in [0.2, 0.25) is 0 Å². The first-order valence-corrected chi connectivity index (χ1v) is 6.19. The SMILES string of the molecule is CNC(CCO)CN(CC(C)C)C1CC1. The molecule has 0 aromatic carbocycles. The average Bonchev–Trinajstić information content (AvgIpc) is 2.98. The molecule has 0 bridgehead atoms. The summed E-state index contributed by atoms with van der Waals surface area (Å²) in [6.07, 6.45) is 3.59. The molecule has 1 rings (SSSR count). The zero-order chi connectivity index (χ0) is 11.3. The van der Waals surface area contributed by atoms with Crippen LogP contribution in [0.15, 0.2) is 0 Å². The zero-order valence-corrected chi connectivity index (χ0v) is 10.4. The van der Waals surface area contributed by atoms with E-state index in [1.165, 1.54) is 19.4 Å². The number of hydrogen-bond donors (Lipinski definition) is 2. The van der Waals surface area contributed by atoms with Crippen LogP contribution in [0.1, 0.15) is 33.1 Å². The van der Waals surface area contributed by atoms with Gasteiger partial charge in [0, 0.05) is 31.8 Å². The van der Waals surface area contributed by atoms with E-state index >= 15 is 0 Å². The van der Waals surface area contributed by atoms with Gasteiger partial charge >= 0.3 is 0 Å². The Kier molecular flexibility index (Phi) is 5.58. The van der Waals surface area contributed by atoms with Gasteiger partial charge in [0.05, 0.1) is 0 Å². The lowest BCUT2D eigenvalue weighted by atomic mass is 10.1. The summed E-state index contributed by atoms with van der Waals surface area (Å²) in [7, 11) is 1.99. The van der Waals surface area contributed by atoms with Crippen molar-refractivity contribution < 1.29 is 5.11 Å². The predicted molar refractivity (Wildman–Crippen MR) is 64.0 cm³/mol. The first-order valence-electron chi connectivity index (χ1n) is 6.19. The van der Waals surface area contributed by atoms with Crippen LogP contribution < -0.4 is 5.32 Å². The third-order valence-electron chi connectivity index (χ3n) is 3.00. The van der Waals surface area contributed by atoms with Crippen molar-refractivity contribution in [2.75, 3.05) is 26.7 Å². The molecule has 15 heavy (non-hydrogen) atoms. The van der Waals surface area contributed by atoms with Gasteiger partial charge in [0.1, 0.15) is 0 Å². The molecule has 1 aliphatic rings. The van der Waals surface area contributed by atoms with Crippen LogP contribution in [0.3, 0.4) is 0 Å². The topological polar surface area (TPSA) is 35.5 Å². The molecule has 1 atom stereocenters. The third-order valence-corrected chi connectivity index (χ3v) is 3.00. The lowest BCUT2D eigenvalue weighted by molar-refractivity contribution is 0.190. The van der Waals surface area contributed by atoms with Gasteiger partial charge in [-0.25, -0.2) is 0 Å². The molecule has 0 spiro atoms. The summed E-state index contributed by atoms with van der Waals surface area (Å²) in [5.41, 5.74) is 0. The second-order valence-corrected chi connectivity index (χ2v) is 5.08. The zero-order valence-electron chi connectivity index (χ0n) is 10.4. The van der Waals surface area contributed by atoms with E-state index in [2.05, 4.69) is 24.1 Å². The van der Waals surface area contributed by atoms with Gasteiger partial charge in [-0.2, -0.15) is 0 Å². The minimum Gasteiger partial charge on any atom is -0.396 e. The molecule has 3 heteroatoms. The fraction of sp³-hybridized carbons (Fsp3) is 1.00. The van der Waals surface area contributed by atoms with E-state index in [9.17, 15) is 0 Å². The number of nitrogens with zero attached hydrogens (tertiary/aromatic N) is 1. The molecule has 0 aliphatic heterocycles. The summed E-state index contributed by atoms with van der Waals surface area (Å²) in [6, 6.07) is 1.26. The molecule has 0 saturated heterocycles. The van der Waals surface area contributed by atoms with Crippen molar-refractivity contribution in [1.29, 1.82) is 0 Å². The van der Waals surface area contributed by atoms with E-state index in [1.54, 1.807) is 0 Å². The van der Waals surface area contributed by atoms with Gasteiger partial charge in [-0.15, -0.1) is 0 Å². The molecule has 0 amide bonds. The highest BCUT2D eigenvalue weighted by Crippen LogP contribution is 2.27. The summed E-state index contributed by atoms with van der Waals surface area (Å²) in [6.45, 7) is 7.10. The number of likely N-dealkylation sites (N-methyl/N-ethyl adjacent to an activating group) is 1. The number of aliphatic hydroxyl groups excluding tert-OH is 1. The van der Waals surface area contributed by atoms with Gasteiger partial charge in [0.2, 0.25) is 0 Å². The Morgan fingerprint density at radius 2 is 2.00 bits per heavy atom. The maximum atomic E-state index is 8.96. The summed E-state index contributed by atoms with van der Waals surface area (Å²) >= 11 is 0. The quantitative estimate of drug-likeness (QED) is 0.634. The van der Waals surface area contributed by atoms with Crippen LogP contribution in [0.4, 0.5) is 0 Å². The van der Waals surface area contributed by atoms with E-state index in [0.29, 0.717) is 6.04 Å². The predicted octanol–water partition coefficient (Wildman–Crippen LogP) is 1.08.